The van der Waals surface area contributed by atoms with Crippen LogP contribution in [0.25, 0.3) is 0 Å². The highest BCUT2D eigenvalue weighted by molar-refractivity contribution is 7.89. The molecule has 0 atom stereocenters. The number of benzene rings is 1. The third-order valence-electron chi connectivity index (χ3n) is 4.80. The Hall–Kier alpha value is -2.27. The van der Waals surface area contributed by atoms with Crippen molar-refractivity contribution in [2.75, 3.05) is 20.8 Å². The number of fused-ring (bicyclic) bond motifs is 1. The monoisotopic (exact) mass is 433 g/mol. The standard InChI is InChI=1S/C18H22F3N3O4S/c1-27-12-7-8-15(28-2)16(11-12)29(25,26)22-9-10-24-14-6-4-3-5-13(14)17(23-24)18(19,20)21/h7-8,11,22H,3-6,9-10H2,1-2H3. The highest BCUT2D eigenvalue weighted by atomic mass is 32.2. The highest BCUT2D eigenvalue weighted by Crippen LogP contribution is 2.35. The molecular weight excluding hydrogens is 411 g/mol. The normalized spacial score (nSPS) is 14.5. The van der Waals surface area contributed by atoms with Crippen LogP contribution in [0.3, 0.4) is 0 Å². The maximum atomic E-state index is 13.3. The minimum absolute atomic E-state index is 0.00999. The third-order valence-corrected chi connectivity index (χ3v) is 6.28. The molecule has 1 aromatic carbocycles. The second kappa shape index (κ2) is 8.23. The molecule has 0 saturated heterocycles. The van der Waals surface area contributed by atoms with Gasteiger partial charge in [-0.05, 0) is 37.8 Å². The molecule has 7 nitrogen and oxygen atoms in total. The van der Waals surface area contributed by atoms with E-state index in [2.05, 4.69) is 9.82 Å². The van der Waals surface area contributed by atoms with Crippen LogP contribution in [0.1, 0.15) is 29.8 Å². The predicted molar refractivity (Wildman–Crippen MR) is 98.6 cm³/mol. The van der Waals surface area contributed by atoms with Crippen molar-refractivity contribution in [1.29, 1.82) is 0 Å². The van der Waals surface area contributed by atoms with Crippen molar-refractivity contribution in [2.24, 2.45) is 0 Å². The van der Waals surface area contributed by atoms with Crippen LogP contribution < -0.4 is 14.2 Å². The maximum absolute atomic E-state index is 13.3. The van der Waals surface area contributed by atoms with Crippen LogP contribution >= 0.6 is 0 Å². The number of methoxy groups -OCH3 is 2. The zero-order valence-electron chi connectivity index (χ0n) is 16.0. The molecule has 3 rings (SSSR count). The van der Waals surface area contributed by atoms with Gasteiger partial charge in [-0.3, -0.25) is 4.68 Å². The Morgan fingerprint density at radius 2 is 1.90 bits per heavy atom. The van der Waals surface area contributed by atoms with E-state index in [0.29, 0.717) is 30.7 Å². The third kappa shape index (κ3) is 4.50. The zero-order chi connectivity index (χ0) is 21.2. The Morgan fingerprint density at radius 1 is 1.17 bits per heavy atom. The number of hydrogen-bond acceptors (Lipinski definition) is 5. The molecule has 1 N–H and O–H groups in total. The van der Waals surface area contributed by atoms with E-state index in [0.717, 1.165) is 6.42 Å². The van der Waals surface area contributed by atoms with Gasteiger partial charge in [0.25, 0.3) is 0 Å². The smallest absolute Gasteiger partial charge is 0.435 e. The summed E-state index contributed by atoms with van der Waals surface area (Å²) >= 11 is 0. The molecule has 0 fully saturated rings. The van der Waals surface area contributed by atoms with Crippen LogP contribution in [0.15, 0.2) is 23.1 Å². The number of aromatic nitrogens is 2. The average molecular weight is 433 g/mol. The SMILES string of the molecule is COc1ccc(OC)c(S(=O)(=O)NCCn2nc(C(F)(F)F)c3c2CCCC3)c1. The fourth-order valence-corrected chi connectivity index (χ4v) is 4.64. The highest BCUT2D eigenvalue weighted by Gasteiger charge is 2.39. The number of nitrogens with zero attached hydrogens (tertiary/aromatic N) is 2. The molecule has 0 amide bonds. The van der Waals surface area contributed by atoms with Crippen molar-refractivity contribution in [1.82, 2.24) is 14.5 Å². The van der Waals surface area contributed by atoms with E-state index in [9.17, 15) is 21.6 Å². The van der Waals surface area contributed by atoms with Crippen molar-refractivity contribution < 1.29 is 31.1 Å². The second-order valence-corrected chi connectivity index (χ2v) is 8.35. The number of ether oxygens (including phenoxy) is 2. The molecule has 1 aliphatic carbocycles. The van der Waals surface area contributed by atoms with Gasteiger partial charge >= 0.3 is 6.18 Å². The van der Waals surface area contributed by atoms with Crippen LogP contribution in [-0.2, 0) is 35.6 Å². The molecule has 29 heavy (non-hydrogen) atoms. The number of halogens is 3. The summed E-state index contributed by atoms with van der Waals surface area (Å²) in [4.78, 5) is -0.113. The summed E-state index contributed by atoms with van der Waals surface area (Å²) in [5.41, 5.74) is -0.118. The summed E-state index contributed by atoms with van der Waals surface area (Å²) in [5, 5.41) is 3.73. The minimum atomic E-state index is -4.53. The Kier molecular flexibility index (Phi) is 6.08. The summed E-state index contributed by atoms with van der Waals surface area (Å²) in [6.07, 6.45) is -2.24. The number of hydrogen-bond donors (Lipinski definition) is 1. The average Bonchev–Trinajstić information content (AvgIpc) is 3.06. The molecule has 11 heteroatoms. The first-order valence-electron chi connectivity index (χ1n) is 9.05. The lowest BCUT2D eigenvalue weighted by Crippen LogP contribution is -2.28. The molecule has 0 spiro atoms. The first kappa shape index (κ1) is 21.4. The van der Waals surface area contributed by atoms with E-state index < -0.39 is 21.9 Å². The molecule has 1 aromatic heterocycles. The van der Waals surface area contributed by atoms with E-state index >= 15 is 0 Å². The molecule has 0 unspecified atom stereocenters. The molecule has 0 aliphatic heterocycles. The molecule has 0 radical (unpaired) electrons. The molecule has 0 saturated carbocycles. The number of rotatable bonds is 7. The fourth-order valence-electron chi connectivity index (χ4n) is 3.44. The van der Waals surface area contributed by atoms with E-state index in [1.807, 2.05) is 0 Å². The lowest BCUT2D eigenvalue weighted by molar-refractivity contribution is -0.142. The molecule has 2 aromatic rings. The van der Waals surface area contributed by atoms with E-state index in [-0.39, 0.29) is 29.3 Å². The van der Waals surface area contributed by atoms with Gasteiger partial charge in [-0.1, -0.05) is 0 Å². The van der Waals surface area contributed by atoms with Gasteiger partial charge in [-0.15, -0.1) is 0 Å². The van der Waals surface area contributed by atoms with Gasteiger partial charge < -0.3 is 9.47 Å². The molecule has 160 valence electrons. The van der Waals surface area contributed by atoms with Crippen LogP contribution in [0.5, 0.6) is 11.5 Å². The number of nitrogens with one attached hydrogen (secondary N) is 1. The van der Waals surface area contributed by atoms with Crippen LogP contribution in [0.4, 0.5) is 13.2 Å². The van der Waals surface area contributed by atoms with Gasteiger partial charge in [-0.25, -0.2) is 13.1 Å². The van der Waals surface area contributed by atoms with Gasteiger partial charge in [0.05, 0.1) is 20.8 Å². The van der Waals surface area contributed by atoms with E-state index in [1.165, 1.54) is 31.0 Å². The van der Waals surface area contributed by atoms with Gasteiger partial charge in [0.15, 0.2) is 5.69 Å². The lowest BCUT2D eigenvalue weighted by atomic mass is 9.95. The second-order valence-electron chi connectivity index (χ2n) is 6.62. The molecule has 0 bridgehead atoms. The first-order valence-corrected chi connectivity index (χ1v) is 10.5. The van der Waals surface area contributed by atoms with E-state index in [1.54, 1.807) is 6.07 Å². The summed E-state index contributed by atoms with van der Waals surface area (Å²) in [6, 6.07) is 4.35. The van der Waals surface area contributed by atoms with Crippen molar-refractivity contribution in [3.63, 3.8) is 0 Å². The number of alkyl halides is 3. The van der Waals surface area contributed by atoms with Gasteiger partial charge in [0, 0.05) is 23.9 Å². The van der Waals surface area contributed by atoms with Crippen molar-refractivity contribution >= 4 is 10.0 Å². The summed E-state index contributed by atoms with van der Waals surface area (Å²) < 4.78 is 78.9. The zero-order valence-corrected chi connectivity index (χ0v) is 16.9. The fraction of sp³-hybridized carbons (Fsp3) is 0.500. The quantitative estimate of drug-likeness (QED) is 0.726. The first-order chi connectivity index (χ1) is 13.7. The van der Waals surface area contributed by atoms with Crippen molar-refractivity contribution in [3.05, 3.63) is 35.2 Å². The van der Waals surface area contributed by atoms with Crippen molar-refractivity contribution in [2.45, 2.75) is 43.3 Å². The predicted octanol–water partition coefficient (Wildman–Crippen LogP) is 2.78. The molecule has 1 aliphatic rings. The van der Waals surface area contributed by atoms with Gasteiger partial charge in [0.2, 0.25) is 10.0 Å². The maximum Gasteiger partial charge on any atom is 0.435 e. The number of sulfonamides is 1. The topological polar surface area (TPSA) is 82.5 Å². The molecule has 1 heterocycles. The Balaban J connectivity index is 1.79. The van der Waals surface area contributed by atoms with Crippen LogP contribution in [0.2, 0.25) is 0 Å². The van der Waals surface area contributed by atoms with E-state index in [4.69, 9.17) is 9.47 Å². The van der Waals surface area contributed by atoms with Gasteiger partial charge in [-0.2, -0.15) is 18.3 Å². The summed E-state index contributed by atoms with van der Waals surface area (Å²) in [5.74, 6) is 0.469. The lowest BCUT2D eigenvalue weighted by Gasteiger charge is -2.15. The Bertz CT molecular complexity index is 987. The Labute approximate surface area is 166 Å². The summed E-state index contributed by atoms with van der Waals surface area (Å²) in [6.45, 7) is -0.127. The van der Waals surface area contributed by atoms with Crippen LogP contribution in [-0.4, -0.2) is 39.0 Å². The Morgan fingerprint density at radius 3 is 2.55 bits per heavy atom. The minimum Gasteiger partial charge on any atom is -0.497 e. The van der Waals surface area contributed by atoms with Crippen LogP contribution in [0, 0.1) is 0 Å². The summed E-state index contributed by atoms with van der Waals surface area (Å²) in [7, 11) is -1.22. The largest absolute Gasteiger partial charge is 0.497 e. The molecular formula is C18H22F3N3O4S. The van der Waals surface area contributed by atoms with Gasteiger partial charge in [0.1, 0.15) is 16.4 Å². The van der Waals surface area contributed by atoms with Crippen molar-refractivity contribution in [3.8, 4) is 11.5 Å².